The Morgan fingerprint density at radius 1 is 1.09 bits per heavy atom. The number of rotatable bonds is 4. The maximum Gasteiger partial charge on any atom is 0.339 e. The Labute approximate surface area is 131 Å². The molecule has 0 fully saturated rings. The summed E-state index contributed by atoms with van der Waals surface area (Å²) in [6.45, 7) is 1.77. The zero-order valence-corrected chi connectivity index (χ0v) is 13.0. The Balaban J connectivity index is 2.41. The van der Waals surface area contributed by atoms with E-state index in [4.69, 9.17) is 11.6 Å². The molecule has 0 heterocycles. The highest BCUT2D eigenvalue weighted by atomic mass is 35.5. The van der Waals surface area contributed by atoms with Crippen molar-refractivity contribution < 1.29 is 21.4 Å². The van der Waals surface area contributed by atoms with E-state index >= 15 is 0 Å². The van der Waals surface area contributed by atoms with Crippen molar-refractivity contribution in [2.45, 2.75) is 11.8 Å². The molecule has 3 nitrogen and oxygen atoms in total. The molecule has 2 rings (SSSR count). The smallest absolute Gasteiger partial charge is 0.339 e. The van der Waals surface area contributed by atoms with Crippen LogP contribution in [0.15, 0.2) is 59.5 Å². The summed E-state index contributed by atoms with van der Waals surface area (Å²) >= 11 is 5.73. The Hall–Kier alpha value is -1.92. The van der Waals surface area contributed by atoms with Crippen molar-refractivity contribution in [3.8, 4) is 0 Å². The molecular formula is C15H11ClF2O3S. The van der Waals surface area contributed by atoms with Gasteiger partial charge in [-0.25, -0.2) is 0 Å². The van der Waals surface area contributed by atoms with Crippen LogP contribution in [0.3, 0.4) is 0 Å². The van der Waals surface area contributed by atoms with E-state index in [0.29, 0.717) is 0 Å². The molecule has 0 saturated heterocycles. The molecule has 22 heavy (non-hydrogen) atoms. The summed E-state index contributed by atoms with van der Waals surface area (Å²) in [4.78, 5) is -0.209. The Morgan fingerprint density at radius 2 is 1.73 bits per heavy atom. The summed E-state index contributed by atoms with van der Waals surface area (Å²) in [5.41, 5.74) is 0.712. The molecule has 2 aromatic rings. The highest BCUT2D eigenvalue weighted by molar-refractivity contribution is 7.87. The van der Waals surface area contributed by atoms with Gasteiger partial charge in [0, 0.05) is 10.6 Å². The molecule has 0 amide bonds. The van der Waals surface area contributed by atoms with E-state index in [-0.39, 0.29) is 15.5 Å². The van der Waals surface area contributed by atoms with Crippen LogP contribution in [0, 0.1) is 6.92 Å². The van der Waals surface area contributed by atoms with Gasteiger partial charge < -0.3 is 4.18 Å². The molecule has 116 valence electrons. The van der Waals surface area contributed by atoms with E-state index < -0.39 is 22.0 Å². The predicted octanol–water partition coefficient (Wildman–Crippen LogP) is 4.62. The van der Waals surface area contributed by atoms with Crippen molar-refractivity contribution in [2.75, 3.05) is 0 Å². The average molecular weight is 345 g/mol. The van der Waals surface area contributed by atoms with Crippen LogP contribution in [-0.2, 0) is 14.3 Å². The van der Waals surface area contributed by atoms with Crippen LogP contribution in [0.1, 0.15) is 11.1 Å². The van der Waals surface area contributed by atoms with Gasteiger partial charge in [0.1, 0.15) is 4.90 Å². The van der Waals surface area contributed by atoms with Gasteiger partial charge in [0.25, 0.3) is 0 Å². The van der Waals surface area contributed by atoms with Gasteiger partial charge in [0.2, 0.25) is 5.76 Å². The summed E-state index contributed by atoms with van der Waals surface area (Å²) in [7, 11) is -4.36. The van der Waals surface area contributed by atoms with Crippen molar-refractivity contribution >= 4 is 27.5 Å². The van der Waals surface area contributed by atoms with Gasteiger partial charge >= 0.3 is 16.2 Å². The molecule has 7 heteroatoms. The summed E-state index contributed by atoms with van der Waals surface area (Å²) < 4.78 is 54.9. The molecule has 0 unspecified atom stereocenters. The maximum atomic E-state index is 13.1. The maximum absolute atomic E-state index is 13.1. The second kappa shape index (κ2) is 6.46. The van der Waals surface area contributed by atoms with Crippen molar-refractivity contribution in [3.63, 3.8) is 0 Å². The minimum Gasteiger partial charge on any atom is -0.373 e. The SMILES string of the molecule is Cc1ccc(S(=O)(=O)OC(=C(F)F)c2cccc(Cl)c2)cc1. The average Bonchev–Trinajstić information content (AvgIpc) is 2.45. The van der Waals surface area contributed by atoms with Gasteiger partial charge in [-0.15, -0.1) is 0 Å². The van der Waals surface area contributed by atoms with Crippen LogP contribution in [0.5, 0.6) is 0 Å². The standard InChI is InChI=1S/C15H11ClF2O3S/c1-10-5-7-13(8-6-10)22(19,20)21-14(15(17)18)11-3-2-4-12(16)9-11/h2-9H,1H3. The largest absolute Gasteiger partial charge is 0.373 e. The second-order valence-electron chi connectivity index (χ2n) is 4.45. The first-order chi connectivity index (χ1) is 10.3. The monoisotopic (exact) mass is 344 g/mol. The highest BCUT2D eigenvalue weighted by Gasteiger charge is 2.22. The van der Waals surface area contributed by atoms with Crippen LogP contribution in [0.4, 0.5) is 8.78 Å². The van der Waals surface area contributed by atoms with E-state index in [0.717, 1.165) is 5.56 Å². The third-order valence-corrected chi connectivity index (χ3v) is 4.23. The molecule has 0 radical (unpaired) electrons. The molecular weight excluding hydrogens is 334 g/mol. The van der Waals surface area contributed by atoms with Crippen molar-refractivity contribution in [1.82, 2.24) is 0 Å². The molecule has 0 N–H and O–H groups in total. The zero-order chi connectivity index (χ0) is 16.3. The van der Waals surface area contributed by atoms with Gasteiger partial charge in [0.05, 0.1) is 0 Å². The van der Waals surface area contributed by atoms with Gasteiger partial charge in [-0.05, 0) is 31.2 Å². The third kappa shape index (κ3) is 3.84. The molecule has 0 spiro atoms. The number of hydrogen-bond donors (Lipinski definition) is 0. The first kappa shape index (κ1) is 16.5. The van der Waals surface area contributed by atoms with E-state index in [9.17, 15) is 17.2 Å². The minimum atomic E-state index is -4.36. The van der Waals surface area contributed by atoms with Crippen molar-refractivity contribution in [1.29, 1.82) is 0 Å². The molecule has 2 aromatic carbocycles. The summed E-state index contributed by atoms with van der Waals surface area (Å²) in [6, 6.07) is 11.0. The number of halogens is 3. The first-order valence-electron chi connectivity index (χ1n) is 6.12. The summed E-state index contributed by atoms with van der Waals surface area (Å²) in [5, 5.41) is 0.188. The second-order valence-corrected chi connectivity index (χ2v) is 6.43. The lowest BCUT2D eigenvalue weighted by molar-refractivity contribution is 0.381. The summed E-state index contributed by atoms with van der Waals surface area (Å²) in [5.74, 6) is -1.04. The fraction of sp³-hybridized carbons (Fsp3) is 0.0667. The van der Waals surface area contributed by atoms with Crippen LogP contribution in [0.2, 0.25) is 5.02 Å². The van der Waals surface area contributed by atoms with E-state index in [2.05, 4.69) is 4.18 Å². The predicted molar refractivity (Wildman–Crippen MR) is 80.0 cm³/mol. The van der Waals surface area contributed by atoms with Gasteiger partial charge in [-0.3, -0.25) is 0 Å². The first-order valence-corrected chi connectivity index (χ1v) is 7.90. The normalized spacial score (nSPS) is 11.1. The van der Waals surface area contributed by atoms with E-state index in [1.165, 1.54) is 36.4 Å². The fourth-order valence-electron chi connectivity index (χ4n) is 1.68. The molecule has 0 bridgehead atoms. The van der Waals surface area contributed by atoms with Crippen LogP contribution in [-0.4, -0.2) is 8.42 Å². The van der Waals surface area contributed by atoms with Gasteiger partial charge in [-0.1, -0.05) is 41.4 Å². The highest BCUT2D eigenvalue weighted by Crippen LogP contribution is 2.28. The molecule has 0 aromatic heterocycles. The lowest BCUT2D eigenvalue weighted by Crippen LogP contribution is -2.06. The molecule has 0 aliphatic heterocycles. The molecule has 0 saturated carbocycles. The van der Waals surface area contributed by atoms with Crippen LogP contribution in [0.25, 0.3) is 5.76 Å². The lowest BCUT2D eigenvalue weighted by atomic mass is 10.2. The van der Waals surface area contributed by atoms with Crippen molar-refractivity contribution in [3.05, 3.63) is 70.8 Å². The molecule has 0 aliphatic carbocycles. The summed E-state index contributed by atoms with van der Waals surface area (Å²) in [6.07, 6.45) is -2.25. The van der Waals surface area contributed by atoms with Gasteiger partial charge in [-0.2, -0.15) is 17.2 Å². The number of aryl methyl sites for hydroxylation is 1. The third-order valence-electron chi connectivity index (χ3n) is 2.76. The van der Waals surface area contributed by atoms with Gasteiger partial charge in [0.15, 0.2) is 0 Å². The lowest BCUT2D eigenvalue weighted by Gasteiger charge is -2.10. The van der Waals surface area contributed by atoms with E-state index in [1.54, 1.807) is 19.1 Å². The van der Waals surface area contributed by atoms with E-state index in [1.807, 2.05) is 0 Å². The molecule has 0 atom stereocenters. The Bertz CT molecular complexity index is 811. The van der Waals surface area contributed by atoms with Crippen molar-refractivity contribution in [2.24, 2.45) is 0 Å². The topological polar surface area (TPSA) is 43.4 Å². The fourth-order valence-corrected chi connectivity index (χ4v) is 2.82. The zero-order valence-electron chi connectivity index (χ0n) is 11.4. The molecule has 0 aliphatic rings. The number of hydrogen-bond acceptors (Lipinski definition) is 3. The minimum absolute atomic E-state index is 0.122. The van der Waals surface area contributed by atoms with Crippen LogP contribution >= 0.6 is 11.6 Å². The van der Waals surface area contributed by atoms with Crippen LogP contribution < -0.4 is 0 Å². The Kier molecular flexibility index (Phi) is 4.83. The number of benzene rings is 2. The Morgan fingerprint density at radius 3 is 2.27 bits per heavy atom. The quantitative estimate of drug-likeness (QED) is 0.600.